The summed E-state index contributed by atoms with van der Waals surface area (Å²) in [7, 11) is 1.30. The average molecular weight is 311 g/mol. The number of methoxy groups -OCH3 is 1. The highest BCUT2D eigenvalue weighted by atomic mass is 16.5. The van der Waals surface area contributed by atoms with Gasteiger partial charge in [-0.2, -0.15) is 0 Å². The molecular formula is C17H17N3O3. The van der Waals surface area contributed by atoms with Gasteiger partial charge in [-0.05, 0) is 30.2 Å². The van der Waals surface area contributed by atoms with E-state index in [0.29, 0.717) is 11.7 Å². The largest absolute Gasteiger partial charge is 0.457 e. The Morgan fingerprint density at radius 2 is 2.09 bits per heavy atom. The number of amides is 1. The van der Waals surface area contributed by atoms with Crippen molar-refractivity contribution < 1.29 is 14.3 Å². The van der Waals surface area contributed by atoms with Crippen LogP contribution in [0.3, 0.4) is 0 Å². The van der Waals surface area contributed by atoms with Gasteiger partial charge in [-0.1, -0.05) is 25.1 Å². The molecule has 118 valence electrons. The molecule has 1 amide bonds. The van der Waals surface area contributed by atoms with Crippen molar-refractivity contribution >= 4 is 23.1 Å². The third kappa shape index (κ3) is 3.26. The molecule has 1 heterocycles. The minimum absolute atomic E-state index is 0.331. The molecule has 0 bridgehead atoms. The Balaban J connectivity index is 1.86. The molecule has 3 rings (SSSR count). The molecule has 6 heteroatoms. The van der Waals surface area contributed by atoms with Gasteiger partial charge in [0.2, 0.25) is 5.95 Å². The van der Waals surface area contributed by atoms with Crippen LogP contribution in [0.15, 0.2) is 42.5 Å². The van der Waals surface area contributed by atoms with Crippen molar-refractivity contribution in [3.63, 3.8) is 0 Å². The number of H-pyrrole nitrogens is 1. The molecule has 0 spiro atoms. The molecule has 0 unspecified atom stereocenters. The number of hydrogen-bond acceptors (Lipinski definition) is 4. The van der Waals surface area contributed by atoms with Crippen molar-refractivity contribution in [2.45, 2.75) is 13.3 Å². The van der Waals surface area contributed by atoms with E-state index in [1.807, 2.05) is 42.5 Å². The van der Waals surface area contributed by atoms with Crippen molar-refractivity contribution in [2.24, 2.45) is 0 Å². The van der Waals surface area contributed by atoms with Crippen LogP contribution in [0.25, 0.3) is 11.0 Å². The zero-order valence-electron chi connectivity index (χ0n) is 12.9. The Kier molecular flexibility index (Phi) is 4.14. The molecule has 0 fully saturated rings. The van der Waals surface area contributed by atoms with Crippen LogP contribution in [0.4, 0.5) is 10.7 Å². The number of imidazole rings is 1. The first-order valence-electron chi connectivity index (χ1n) is 7.30. The molecule has 23 heavy (non-hydrogen) atoms. The van der Waals surface area contributed by atoms with E-state index in [1.165, 1.54) is 7.11 Å². The number of anilines is 1. The van der Waals surface area contributed by atoms with Gasteiger partial charge in [-0.3, -0.25) is 5.32 Å². The van der Waals surface area contributed by atoms with Gasteiger partial charge in [0.15, 0.2) is 0 Å². The lowest BCUT2D eigenvalue weighted by Gasteiger charge is -2.09. The SMILES string of the molecule is CCc1ccccc1Oc1ccc2nc(NC(=O)OC)[nH]c2c1. The second-order valence-electron chi connectivity index (χ2n) is 4.94. The van der Waals surface area contributed by atoms with E-state index in [1.54, 1.807) is 0 Å². The van der Waals surface area contributed by atoms with Gasteiger partial charge in [-0.15, -0.1) is 0 Å². The second-order valence-corrected chi connectivity index (χ2v) is 4.94. The molecule has 0 radical (unpaired) electrons. The lowest BCUT2D eigenvalue weighted by atomic mass is 10.1. The summed E-state index contributed by atoms with van der Waals surface area (Å²) in [5.41, 5.74) is 2.64. The standard InChI is InChI=1S/C17H17N3O3/c1-3-11-6-4-5-7-15(11)23-12-8-9-13-14(10-12)19-16(18-13)20-17(21)22-2/h4-10H,3H2,1-2H3,(H2,18,19,20,21). The van der Waals surface area contributed by atoms with Gasteiger partial charge in [0.1, 0.15) is 11.5 Å². The highest BCUT2D eigenvalue weighted by Crippen LogP contribution is 2.28. The van der Waals surface area contributed by atoms with Crippen LogP contribution >= 0.6 is 0 Å². The molecule has 0 atom stereocenters. The summed E-state index contributed by atoms with van der Waals surface area (Å²) in [6, 6.07) is 13.5. The normalized spacial score (nSPS) is 10.5. The number of carbonyl (C=O) groups is 1. The number of aromatic amines is 1. The number of aryl methyl sites for hydroxylation is 1. The maximum atomic E-state index is 11.2. The number of hydrogen-bond donors (Lipinski definition) is 2. The van der Waals surface area contributed by atoms with Crippen molar-refractivity contribution in [3.8, 4) is 11.5 Å². The van der Waals surface area contributed by atoms with Crippen molar-refractivity contribution in [1.82, 2.24) is 9.97 Å². The molecule has 6 nitrogen and oxygen atoms in total. The van der Waals surface area contributed by atoms with E-state index in [2.05, 4.69) is 26.9 Å². The molecule has 0 aliphatic heterocycles. The summed E-state index contributed by atoms with van der Waals surface area (Å²) >= 11 is 0. The number of aromatic nitrogens is 2. The molecule has 1 aromatic heterocycles. The molecule has 0 saturated heterocycles. The van der Waals surface area contributed by atoms with Crippen LogP contribution in [0.5, 0.6) is 11.5 Å². The number of para-hydroxylation sites is 1. The lowest BCUT2D eigenvalue weighted by molar-refractivity contribution is 0.186. The molecule has 2 aromatic carbocycles. The third-order valence-corrected chi connectivity index (χ3v) is 3.44. The molecule has 2 N–H and O–H groups in total. The average Bonchev–Trinajstić information content (AvgIpc) is 2.96. The number of rotatable bonds is 4. The highest BCUT2D eigenvalue weighted by molar-refractivity contribution is 5.86. The Bertz CT molecular complexity index is 842. The zero-order chi connectivity index (χ0) is 16.2. The van der Waals surface area contributed by atoms with E-state index in [9.17, 15) is 4.79 Å². The summed E-state index contributed by atoms with van der Waals surface area (Å²) in [4.78, 5) is 18.5. The minimum atomic E-state index is -0.572. The summed E-state index contributed by atoms with van der Waals surface area (Å²) < 4.78 is 10.5. The maximum absolute atomic E-state index is 11.2. The Morgan fingerprint density at radius 3 is 2.87 bits per heavy atom. The quantitative estimate of drug-likeness (QED) is 0.760. The fourth-order valence-corrected chi connectivity index (χ4v) is 2.28. The highest BCUT2D eigenvalue weighted by Gasteiger charge is 2.08. The van der Waals surface area contributed by atoms with E-state index in [4.69, 9.17) is 4.74 Å². The van der Waals surface area contributed by atoms with Gasteiger partial charge in [0.25, 0.3) is 0 Å². The first-order valence-corrected chi connectivity index (χ1v) is 7.30. The van der Waals surface area contributed by atoms with E-state index in [-0.39, 0.29) is 0 Å². The number of ether oxygens (including phenoxy) is 2. The van der Waals surface area contributed by atoms with Crippen LogP contribution in [0.2, 0.25) is 0 Å². The fraction of sp³-hybridized carbons (Fsp3) is 0.176. The molecule has 0 saturated carbocycles. The Hall–Kier alpha value is -3.02. The van der Waals surface area contributed by atoms with Gasteiger partial charge in [-0.25, -0.2) is 9.78 Å². The van der Waals surface area contributed by atoms with E-state index < -0.39 is 6.09 Å². The van der Waals surface area contributed by atoms with Crippen molar-refractivity contribution in [2.75, 3.05) is 12.4 Å². The fourth-order valence-electron chi connectivity index (χ4n) is 2.28. The number of fused-ring (bicyclic) bond motifs is 1. The van der Waals surface area contributed by atoms with Gasteiger partial charge in [0, 0.05) is 6.07 Å². The summed E-state index contributed by atoms with van der Waals surface area (Å²) in [6.45, 7) is 2.09. The Morgan fingerprint density at radius 1 is 1.26 bits per heavy atom. The van der Waals surface area contributed by atoms with Gasteiger partial charge in [0.05, 0.1) is 18.1 Å². The van der Waals surface area contributed by atoms with Crippen molar-refractivity contribution in [1.29, 1.82) is 0 Å². The zero-order valence-corrected chi connectivity index (χ0v) is 12.9. The number of nitrogens with zero attached hydrogens (tertiary/aromatic N) is 1. The first-order chi connectivity index (χ1) is 11.2. The number of benzene rings is 2. The van der Waals surface area contributed by atoms with Crippen LogP contribution in [0.1, 0.15) is 12.5 Å². The molecule has 0 aliphatic rings. The number of carbonyl (C=O) groups excluding carboxylic acids is 1. The van der Waals surface area contributed by atoms with E-state index in [0.717, 1.165) is 28.8 Å². The predicted molar refractivity (Wildman–Crippen MR) is 88.0 cm³/mol. The Labute approximate surface area is 133 Å². The van der Waals surface area contributed by atoms with Gasteiger partial charge >= 0.3 is 6.09 Å². The third-order valence-electron chi connectivity index (χ3n) is 3.44. The van der Waals surface area contributed by atoms with Crippen LogP contribution in [-0.4, -0.2) is 23.2 Å². The van der Waals surface area contributed by atoms with Crippen LogP contribution < -0.4 is 10.1 Å². The monoisotopic (exact) mass is 311 g/mol. The van der Waals surface area contributed by atoms with Gasteiger partial charge < -0.3 is 14.5 Å². The molecule has 0 aliphatic carbocycles. The predicted octanol–water partition coefficient (Wildman–Crippen LogP) is 4.10. The maximum Gasteiger partial charge on any atom is 0.413 e. The smallest absolute Gasteiger partial charge is 0.413 e. The molecular weight excluding hydrogens is 294 g/mol. The van der Waals surface area contributed by atoms with Crippen LogP contribution in [0, 0.1) is 0 Å². The van der Waals surface area contributed by atoms with Crippen molar-refractivity contribution in [3.05, 3.63) is 48.0 Å². The molecule has 3 aromatic rings. The second kappa shape index (κ2) is 6.39. The number of nitrogens with one attached hydrogen (secondary N) is 2. The van der Waals surface area contributed by atoms with E-state index >= 15 is 0 Å². The summed E-state index contributed by atoms with van der Waals surface area (Å²) in [5.74, 6) is 1.87. The lowest BCUT2D eigenvalue weighted by Crippen LogP contribution is -2.11. The summed E-state index contributed by atoms with van der Waals surface area (Å²) in [6.07, 6.45) is 0.327. The topological polar surface area (TPSA) is 76.2 Å². The van der Waals surface area contributed by atoms with Crippen LogP contribution in [-0.2, 0) is 11.2 Å². The summed E-state index contributed by atoms with van der Waals surface area (Å²) in [5, 5.41) is 2.50. The minimum Gasteiger partial charge on any atom is -0.457 e. The first kappa shape index (κ1) is 14.9.